The second-order valence-electron chi connectivity index (χ2n) is 6.36. The van der Waals surface area contributed by atoms with E-state index in [2.05, 4.69) is 4.98 Å². The Morgan fingerprint density at radius 2 is 2.21 bits per heavy atom. The number of carbonyl (C=O) groups excluding carboxylic acids is 1. The van der Waals surface area contributed by atoms with E-state index in [1.54, 1.807) is 24.0 Å². The van der Waals surface area contributed by atoms with Crippen molar-refractivity contribution in [2.75, 3.05) is 13.1 Å². The van der Waals surface area contributed by atoms with E-state index < -0.39 is 0 Å². The van der Waals surface area contributed by atoms with Crippen molar-refractivity contribution in [3.63, 3.8) is 0 Å². The second-order valence-corrected chi connectivity index (χ2v) is 7.31. The van der Waals surface area contributed by atoms with Crippen molar-refractivity contribution in [2.24, 2.45) is 18.7 Å². The first-order chi connectivity index (χ1) is 11.5. The summed E-state index contributed by atoms with van der Waals surface area (Å²) < 4.78 is 7.70. The molecule has 130 valence electrons. The summed E-state index contributed by atoms with van der Waals surface area (Å²) in [6.07, 6.45) is 5.61. The lowest BCUT2D eigenvalue weighted by atomic mass is 9.91. The molecule has 3 rings (SSSR count). The molecule has 2 aromatic heterocycles. The van der Waals surface area contributed by atoms with Gasteiger partial charge in [-0.3, -0.25) is 4.79 Å². The number of hydrogen-bond acceptors (Lipinski definition) is 5. The molecule has 1 saturated heterocycles. The predicted molar refractivity (Wildman–Crippen MR) is 93.8 cm³/mol. The first-order valence-corrected chi connectivity index (χ1v) is 9.27. The zero-order valence-electron chi connectivity index (χ0n) is 14.1. The van der Waals surface area contributed by atoms with E-state index in [1.165, 1.54) is 0 Å². The highest BCUT2D eigenvalue weighted by molar-refractivity contribution is 7.98. The normalized spacial score (nSPS) is 17.2. The van der Waals surface area contributed by atoms with Crippen LogP contribution in [-0.2, 0) is 12.8 Å². The number of rotatable bonds is 5. The lowest BCUT2D eigenvalue weighted by Crippen LogP contribution is -2.42. The number of aryl methyl sites for hydroxylation is 1. The third-order valence-corrected chi connectivity index (χ3v) is 5.64. The van der Waals surface area contributed by atoms with Gasteiger partial charge >= 0.3 is 0 Å². The lowest BCUT2D eigenvalue weighted by molar-refractivity contribution is 0.0647. The van der Waals surface area contributed by atoms with Crippen LogP contribution in [0.15, 0.2) is 34.1 Å². The second kappa shape index (κ2) is 7.44. The molecule has 1 fully saturated rings. The van der Waals surface area contributed by atoms with Crippen molar-refractivity contribution in [3.8, 4) is 0 Å². The predicted octanol–water partition coefficient (Wildman–Crippen LogP) is 2.50. The van der Waals surface area contributed by atoms with E-state index in [0.717, 1.165) is 36.8 Å². The number of piperidine rings is 1. The molecule has 0 bridgehead atoms. The highest BCUT2D eigenvalue weighted by Crippen LogP contribution is 2.24. The topological polar surface area (TPSA) is 77.3 Å². The van der Waals surface area contributed by atoms with Gasteiger partial charge in [0.05, 0.1) is 5.75 Å². The van der Waals surface area contributed by atoms with Gasteiger partial charge in [0.2, 0.25) is 0 Å². The zero-order valence-corrected chi connectivity index (χ0v) is 15.0. The maximum absolute atomic E-state index is 12.6. The molecule has 0 saturated carbocycles. The Labute approximate surface area is 146 Å². The van der Waals surface area contributed by atoms with Gasteiger partial charge in [0, 0.05) is 38.6 Å². The minimum Gasteiger partial charge on any atom is -0.455 e. The van der Waals surface area contributed by atoms with Gasteiger partial charge < -0.3 is 19.6 Å². The van der Waals surface area contributed by atoms with Gasteiger partial charge in [-0.2, -0.15) is 0 Å². The number of likely N-dealkylation sites (tertiary alicyclic amines) is 1. The van der Waals surface area contributed by atoms with Gasteiger partial charge in [-0.25, -0.2) is 4.98 Å². The van der Waals surface area contributed by atoms with Crippen LogP contribution in [0.4, 0.5) is 0 Å². The lowest BCUT2D eigenvalue weighted by Gasteiger charge is -2.33. The number of amides is 1. The van der Waals surface area contributed by atoms with Crippen LogP contribution in [0.5, 0.6) is 0 Å². The maximum Gasteiger partial charge on any atom is 0.289 e. The number of nitrogens with zero attached hydrogens (tertiary/aromatic N) is 3. The molecule has 2 aromatic rings. The van der Waals surface area contributed by atoms with Gasteiger partial charge in [-0.1, -0.05) is 11.8 Å². The summed E-state index contributed by atoms with van der Waals surface area (Å²) in [4.78, 5) is 18.7. The van der Waals surface area contributed by atoms with Crippen LogP contribution in [-0.4, -0.2) is 39.5 Å². The number of furan rings is 1. The number of imidazole rings is 1. The molecule has 2 N–H and O–H groups in total. The van der Waals surface area contributed by atoms with Crippen molar-refractivity contribution < 1.29 is 9.21 Å². The van der Waals surface area contributed by atoms with Gasteiger partial charge in [0.15, 0.2) is 10.9 Å². The molecule has 0 aliphatic carbocycles. The van der Waals surface area contributed by atoms with E-state index in [1.807, 2.05) is 35.7 Å². The average molecular weight is 348 g/mol. The van der Waals surface area contributed by atoms with E-state index in [0.29, 0.717) is 17.4 Å². The maximum atomic E-state index is 12.6. The van der Waals surface area contributed by atoms with Gasteiger partial charge in [0.1, 0.15) is 5.76 Å². The van der Waals surface area contributed by atoms with Gasteiger partial charge in [0.25, 0.3) is 5.91 Å². The highest BCUT2D eigenvalue weighted by Gasteiger charge is 2.26. The summed E-state index contributed by atoms with van der Waals surface area (Å²) in [7, 11) is 1.96. The number of nitrogens with two attached hydrogens (primary N) is 1. The molecule has 1 unspecified atom stereocenters. The monoisotopic (exact) mass is 348 g/mol. The van der Waals surface area contributed by atoms with E-state index in [4.69, 9.17) is 10.2 Å². The van der Waals surface area contributed by atoms with Gasteiger partial charge in [-0.15, -0.1) is 0 Å². The fraction of sp³-hybridized carbons (Fsp3) is 0.529. The van der Waals surface area contributed by atoms with Crippen LogP contribution < -0.4 is 5.73 Å². The molecule has 1 amide bonds. The zero-order chi connectivity index (χ0) is 17.1. The Morgan fingerprint density at radius 1 is 1.46 bits per heavy atom. The Kier molecular flexibility index (Phi) is 5.30. The Hall–Kier alpha value is -1.73. The Morgan fingerprint density at radius 3 is 2.83 bits per heavy atom. The van der Waals surface area contributed by atoms with Crippen LogP contribution in [0.2, 0.25) is 0 Å². The fourth-order valence-corrected chi connectivity index (χ4v) is 3.81. The summed E-state index contributed by atoms with van der Waals surface area (Å²) in [5.41, 5.74) is 5.96. The van der Waals surface area contributed by atoms with Crippen LogP contribution in [0.3, 0.4) is 0 Å². The summed E-state index contributed by atoms with van der Waals surface area (Å²) in [5.74, 6) is 2.36. The van der Waals surface area contributed by atoms with Crippen molar-refractivity contribution >= 4 is 17.7 Å². The molecule has 0 spiro atoms. The van der Waals surface area contributed by atoms with Crippen LogP contribution in [0.1, 0.15) is 36.1 Å². The molecular formula is C17H24N4O2S. The molecule has 1 aliphatic heterocycles. The molecule has 24 heavy (non-hydrogen) atoms. The van der Waals surface area contributed by atoms with Crippen molar-refractivity contribution in [3.05, 3.63) is 36.0 Å². The van der Waals surface area contributed by atoms with Crippen molar-refractivity contribution in [2.45, 2.75) is 36.7 Å². The largest absolute Gasteiger partial charge is 0.455 e. The molecule has 0 radical (unpaired) electrons. The van der Waals surface area contributed by atoms with Gasteiger partial charge in [-0.05, 0) is 37.8 Å². The summed E-state index contributed by atoms with van der Waals surface area (Å²) >= 11 is 1.59. The molecule has 0 aromatic carbocycles. The van der Waals surface area contributed by atoms with Crippen LogP contribution >= 0.6 is 11.8 Å². The van der Waals surface area contributed by atoms with Crippen molar-refractivity contribution in [1.82, 2.24) is 14.5 Å². The van der Waals surface area contributed by atoms with Crippen LogP contribution in [0, 0.1) is 5.92 Å². The molecule has 1 atom stereocenters. The molecule has 3 heterocycles. The SMILES string of the molecule is CC(N)C1CCN(C(=O)c2ccc(CSc3nccn3C)o2)CC1. The quantitative estimate of drug-likeness (QED) is 0.840. The first kappa shape index (κ1) is 17.1. The minimum atomic E-state index is -0.0219. The van der Waals surface area contributed by atoms with E-state index >= 15 is 0 Å². The van der Waals surface area contributed by atoms with Crippen molar-refractivity contribution in [1.29, 1.82) is 0 Å². The number of aromatic nitrogens is 2. The minimum absolute atomic E-state index is 0.0219. The molecule has 6 nitrogen and oxygen atoms in total. The highest BCUT2D eigenvalue weighted by atomic mass is 32.2. The Balaban J connectivity index is 1.55. The third kappa shape index (κ3) is 3.84. The Bertz CT molecular complexity index is 686. The summed E-state index contributed by atoms with van der Waals surface area (Å²) in [6.45, 7) is 3.55. The standard InChI is InChI=1S/C17H24N4O2S/c1-12(18)13-5-8-21(9-6-13)16(22)15-4-3-14(23-15)11-24-17-19-7-10-20(17)2/h3-4,7,10,12-13H,5-6,8-9,11,18H2,1-2H3. The molecule has 7 heteroatoms. The fourth-order valence-electron chi connectivity index (χ4n) is 2.98. The first-order valence-electron chi connectivity index (χ1n) is 8.28. The smallest absolute Gasteiger partial charge is 0.289 e. The molecule has 1 aliphatic rings. The van der Waals surface area contributed by atoms with E-state index in [-0.39, 0.29) is 11.9 Å². The average Bonchev–Trinajstić information content (AvgIpc) is 3.21. The number of carbonyl (C=O) groups is 1. The molecular weight excluding hydrogens is 324 g/mol. The number of hydrogen-bond donors (Lipinski definition) is 1. The summed E-state index contributed by atoms with van der Waals surface area (Å²) in [5, 5.41) is 0.928. The summed E-state index contributed by atoms with van der Waals surface area (Å²) in [6, 6.07) is 3.84. The third-order valence-electron chi connectivity index (χ3n) is 4.56. The van der Waals surface area contributed by atoms with Crippen LogP contribution in [0.25, 0.3) is 0 Å². The van der Waals surface area contributed by atoms with E-state index in [9.17, 15) is 4.79 Å². The number of thioether (sulfide) groups is 1.